The van der Waals surface area contributed by atoms with Gasteiger partial charge in [-0.15, -0.1) is 0 Å². The summed E-state index contributed by atoms with van der Waals surface area (Å²) in [6, 6.07) is 14.3. The number of aryl methyl sites for hydroxylation is 1. The molecule has 1 heterocycles. The molecule has 7 heteroatoms. The second-order valence-electron chi connectivity index (χ2n) is 10.4. The zero-order chi connectivity index (χ0) is 26.9. The SMILES string of the molecule is CCCCCN(C)C.CCn1c(C(C)(C)C)nc2cc(N(C)Sc3ccc(NC(C)=O)cc3)ccc21. The molecule has 2 aromatic carbocycles. The predicted octanol–water partition coefficient (Wildman–Crippen LogP) is 7.19. The van der Waals surface area contributed by atoms with Gasteiger partial charge < -0.3 is 19.1 Å². The molecule has 0 unspecified atom stereocenters. The summed E-state index contributed by atoms with van der Waals surface area (Å²) >= 11 is 1.64. The highest BCUT2D eigenvalue weighted by atomic mass is 32.2. The number of aromatic nitrogens is 2. The summed E-state index contributed by atoms with van der Waals surface area (Å²) in [4.78, 5) is 19.4. The van der Waals surface area contributed by atoms with Gasteiger partial charge in [-0.25, -0.2) is 4.98 Å². The van der Waals surface area contributed by atoms with Gasteiger partial charge in [-0.2, -0.15) is 0 Å². The van der Waals surface area contributed by atoms with E-state index >= 15 is 0 Å². The zero-order valence-corrected chi connectivity index (χ0v) is 24.5. The van der Waals surface area contributed by atoms with Crippen LogP contribution in [0.2, 0.25) is 0 Å². The summed E-state index contributed by atoms with van der Waals surface area (Å²) in [5.41, 5.74) is 4.11. The molecular formula is C29H45N5OS. The number of benzene rings is 2. The van der Waals surface area contributed by atoms with E-state index in [0.717, 1.165) is 34.2 Å². The van der Waals surface area contributed by atoms with E-state index in [9.17, 15) is 4.79 Å². The van der Waals surface area contributed by atoms with Crippen molar-refractivity contribution in [2.24, 2.45) is 0 Å². The Morgan fingerprint density at radius 3 is 2.22 bits per heavy atom. The first kappa shape index (κ1) is 29.7. The number of carbonyl (C=O) groups excluding carboxylic acids is 1. The first-order valence-electron chi connectivity index (χ1n) is 12.9. The van der Waals surface area contributed by atoms with Crippen molar-refractivity contribution in [1.82, 2.24) is 14.5 Å². The Morgan fingerprint density at radius 2 is 1.69 bits per heavy atom. The molecule has 0 radical (unpaired) electrons. The van der Waals surface area contributed by atoms with Gasteiger partial charge in [0.05, 0.1) is 11.0 Å². The molecule has 1 N–H and O–H groups in total. The van der Waals surface area contributed by atoms with Crippen molar-refractivity contribution in [3.05, 3.63) is 48.3 Å². The van der Waals surface area contributed by atoms with Gasteiger partial charge in [-0.3, -0.25) is 4.79 Å². The summed E-state index contributed by atoms with van der Waals surface area (Å²) < 4.78 is 4.43. The van der Waals surface area contributed by atoms with Crippen LogP contribution in [-0.4, -0.2) is 48.0 Å². The third-order valence-corrected chi connectivity index (χ3v) is 6.68. The highest BCUT2D eigenvalue weighted by Crippen LogP contribution is 2.32. The molecule has 1 amide bonds. The highest BCUT2D eigenvalue weighted by Gasteiger charge is 2.22. The standard InChI is InChI=1S/C22H28N4OS.C7H17N/c1-7-26-20-13-10-17(14-19(20)24-21(26)22(3,4)5)25(6)28-18-11-8-16(9-12-18)23-15(2)27;1-4-5-6-7-8(2)3/h8-14H,7H2,1-6H3,(H,23,27);4-7H2,1-3H3. The van der Waals surface area contributed by atoms with Gasteiger partial charge in [0.2, 0.25) is 5.91 Å². The molecule has 0 aliphatic carbocycles. The van der Waals surface area contributed by atoms with Crippen LogP contribution in [0.25, 0.3) is 11.0 Å². The monoisotopic (exact) mass is 511 g/mol. The molecule has 36 heavy (non-hydrogen) atoms. The first-order chi connectivity index (χ1) is 17.0. The molecule has 0 spiro atoms. The summed E-state index contributed by atoms with van der Waals surface area (Å²) in [7, 11) is 6.29. The smallest absolute Gasteiger partial charge is 0.221 e. The van der Waals surface area contributed by atoms with Gasteiger partial charge in [0, 0.05) is 42.2 Å². The fraction of sp³-hybridized carbons (Fsp3) is 0.517. The minimum atomic E-state index is -0.0630. The molecule has 0 saturated heterocycles. The normalized spacial score (nSPS) is 11.4. The number of fused-ring (bicyclic) bond motifs is 1. The number of anilines is 2. The second-order valence-corrected chi connectivity index (χ2v) is 11.6. The van der Waals surface area contributed by atoms with Crippen molar-refractivity contribution < 1.29 is 4.79 Å². The van der Waals surface area contributed by atoms with Gasteiger partial charge in [-0.1, -0.05) is 40.5 Å². The van der Waals surface area contributed by atoms with Crippen LogP contribution in [0.4, 0.5) is 11.4 Å². The Labute approximate surface area is 222 Å². The maximum atomic E-state index is 11.1. The van der Waals surface area contributed by atoms with E-state index in [-0.39, 0.29) is 11.3 Å². The van der Waals surface area contributed by atoms with Crippen molar-refractivity contribution in [3.63, 3.8) is 0 Å². The maximum absolute atomic E-state index is 11.1. The average molecular weight is 512 g/mol. The molecule has 3 rings (SSSR count). The fourth-order valence-corrected chi connectivity index (χ4v) is 4.69. The van der Waals surface area contributed by atoms with E-state index in [0.29, 0.717) is 0 Å². The molecule has 0 fully saturated rings. The number of imidazole rings is 1. The number of unbranched alkanes of at least 4 members (excludes halogenated alkanes) is 2. The van der Waals surface area contributed by atoms with Crippen molar-refractivity contribution in [2.75, 3.05) is 37.3 Å². The summed E-state index contributed by atoms with van der Waals surface area (Å²) in [6.45, 7) is 14.7. The van der Waals surface area contributed by atoms with Crippen LogP contribution < -0.4 is 9.62 Å². The number of carbonyl (C=O) groups is 1. The Balaban J connectivity index is 0.000000493. The van der Waals surface area contributed by atoms with Gasteiger partial charge in [-0.05, 0) is 88.4 Å². The van der Waals surface area contributed by atoms with E-state index in [4.69, 9.17) is 4.98 Å². The largest absolute Gasteiger partial charge is 0.328 e. The van der Waals surface area contributed by atoms with Crippen LogP contribution in [0, 0.1) is 0 Å². The van der Waals surface area contributed by atoms with Crippen LogP contribution >= 0.6 is 11.9 Å². The minimum absolute atomic E-state index is 0.00545. The number of amides is 1. The lowest BCUT2D eigenvalue weighted by atomic mass is 9.96. The Kier molecular flexibility index (Phi) is 11.3. The van der Waals surface area contributed by atoms with Crippen LogP contribution in [0.1, 0.15) is 66.6 Å². The van der Waals surface area contributed by atoms with Crippen LogP contribution in [0.5, 0.6) is 0 Å². The lowest BCUT2D eigenvalue weighted by molar-refractivity contribution is -0.114. The van der Waals surface area contributed by atoms with Crippen molar-refractivity contribution in [1.29, 1.82) is 0 Å². The first-order valence-corrected chi connectivity index (χ1v) is 13.7. The molecule has 0 saturated carbocycles. The summed E-state index contributed by atoms with van der Waals surface area (Å²) in [5.74, 6) is 1.05. The van der Waals surface area contributed by atoms with E-state index < -0.39 is 0 Å². The van der Waals surface area contributed by atoms with Crippen molar-refractivity contribution >= 4 is 40.3 Å². The Bertz CT molecular complexity index is 1100. The molecular weight excluding hydrogens is 466 g/mol. The Morgan fingerprint density at radius 1 is 1.03 bits per heavy atom. The molecule has 6 nitrogen and oxygen atoms in total. The lowest BCUT2D eigenvalue weighted by Gasteiger charge is -2.19. The van der Waals surface area contributed by atoms with Crippen LogP contribution in [0.15, 0.2) is 47.4 Å². The lowest BCUT2D eigenvalue weighted by Crippen LogP contribution is -2.18. The molecule has 198 valence electrons. The summed E-state index contributed by atoms with van der Waals surface area (Å²) in [5, 5.41) is 2.79. The highest BCUT2D eigenvalue weighted by molar-refractivity contribution is 8.00. The van der Waals surface area contributed by atoms with Gasteiger partial charge >= 0.3 is 0 Å². The third kappa shape index (κ3) is 8.86. The topological polar surface area (TPSA) is 53.4 Å². The van der Waals surface area contributed by atoms with E-state index in [2.05, 4.69) is 93.0 Å². The molecule has 0 bridgehead atoms. The van der Waals surface area contributed by atoms with Gasteiger partial charge in [0.25, 0.3) is 0 Å². The van der Waals surface area contributed by atoms with Crippen LogP contribution in [-0.2, 0) is 16.8 Å². The number of hydrogen-bond donors (Lipinski definition) is 1. The number of nitrogens with zero attached hydrogens (tertiary/aromatic N) is 4. The zero-order valence-electron chi connectivity index (χ0n) is 23.7. The second kappa shape index (κ2) is 13.7. The fourth-order valence-electron chi connectivity index (χ4n) is 3.90. The van der Waals surface area contributed by atoms with Crippen molar-refractivity contribution in [2.45, 2.75) is 77.7 Å². The number of hydrogen-bond acceptors (Lipinski definition) is 5. The molecule has 0 aliphatic heterocycles. The summed E-state index contributed by atoms with van der Waals surface area (Å²) in [6.07, 6.45) is 4.05. The van der Waals surface area contributed by atoms with E-state index in [1.807, 2.05) is 24.3 Å². The number of rotatable bonds is 9. The predicted molar refractivity (Wildman–Crippen MR) is 157 cm³/mol. The minimum Gasteiger partial charge on any atom is -0.328 e. The van der Waals surface area contributed by atoms with Gasteiger partial charge in [0.15, 0.2) is 0 Å². The van der Waals surface area contributed by atoms with Crippen molar-refractivity contribution in [3.8, 4) is 0 Å². The molecule has 3 aromatic rings. The Hall–Kier alpha value is -2.51. The third-order valence-electron chi connectivity index (χ3n) is 5.71. The van der Waals surface area contributed by atoms with E-state index in [1.165, 1.54) is 38.2 Å². The number of nitrogens with one attached hydrogen (secondary N) is 1. The quantitative estimate of drug-likeness (QED) is 0.243. The maximum Gasteiger partial charge on any atom is 0.221 e. The molecule has 0 aliphatic rings. The van der Waals surface area contributed by atoms with Crippen LogP contribution in [0.3, 0.4) is 0 Å². The van der Waals surface area contributed by atoms with E-state index in [1.54, 1.807) is 11.9 Å². The molecule has 1 aromatic heterocycles. The van der Waals surface area contributed by atoms with Gasteiger partial charge in [0.1, 0.15) is 5.82 Å². The average Bonchev–Trinajstić information content (AvgIpc) is 3.19. The molecule has 0 atom stereocenters.